The summed E-state index contributed by atoms with van der Waals surface area (Å²) in [5.74, 6) is 0.0413. The average molecular weight is 547 g/mol. The number of hydrogen-bond donors (Lipinski definition) is 2. The third kappa shape index (κ3) is 4.68. The van der Waals surface area contributed by atoms with Gasteiger partial charge < -0.3 is 15.0 Å². The van der Waals surface area contributed by atoms with Crippen LogP contribution in [0.5, 0.6) is 0 Å². The monoisotopic (exact) mass is 546 g/mol. The Morgan fingerprint density at radius 1 is 1.02 bits per heavy atom. The number of pyridine rings is 1. The molecular formula is C30H25F3N4O3. The Kier molecular flexibility index (Phi) is 6.29. The van der Waals surface area contributed by atoms with Crippen LogP contribution in [-0.4, -0.2) is 37.4 Å². The van der Waals surface area contributed by atoms with Gasteiger partial charge in [0.1, 0.15) is 5.82 Å². The first-order valence-corrected chi connectivity index (χ1v) is 12.9. The highest BCUT2D eigenvalue weighted by Gasteiger charge is 2.48. The van der Waals surface area contributed by atoms with Gasteiger partial charge in [0.2, 0.25) is 0 Å². The largest absolute Gasteiger partial charge is 0.417 e. The van der Waals surface area contributed by atoms with Gasteiger partial charge in [0.05, 0.1) is 28.8 Å². The summed E-state index contributed by atoms with van der Waals surface area (Å²) in [6, 6.07) is 17.1. The Balaban J connectivity index is 1.22. The quantitative estimate of drug-likeness (QED) is 0.383. The van der Waals surface area contributed by atoms with E-state index < -0.39 is 23.8 Å². The van der Waals surface area contributed by atoms with E-state index in [2.05, 4.69) is 9.97 Å². The van der Waals surface area contributed by atoms with Crippen LogP contribution in [0.1, 0.15) is 52.7 Å². The number of fused-ring (bicyclic) bond motifs is 1. The number of rotatable bonds is 5. The fourth-order valence-electron chi connectivity index (χ4n) is 5.34. The van der Waals surface area contributed by atoms with Crippen LogP contribution in [0.2, 0.25) is 0 Å². The number of carbonyl (C=O) groups is 1. The molecule has 2 aliphatic rings. The van der Waals surface area contributed by atoms with Crippen molar-refractivity contribution < 1.29 is 23.1 Å². The van der Waals surface area contributed by atoms with Crippen molar-refractivity contribution in [1.29, 1.82) is 0 Å². The number of halogens is 3. The van der Waals surface area contributed by atoms with Crippen LogP contribution in [0.3, 0.4) is 0 Å². The fourth-order valence-corrected chi connectivity index (χ4v) is 5.34. The zero-order chi connectivity index (χ0) is 28.1. The molecule has 0 saturated heterocycles. The molecule has 0 radical (unpaired) electrons. The van der Waals surface area contributed by atoms with Gasteiger partial charge >= 0.3 is 6.18 Å². The molecule has 1 atom stereocenters. The van der Waals surface area contributed by atoms with Crippen molar-refractivity contribution >= 4 is 5.91 Å². The van der Waals surface area contributed by atoms with Crippen LogP contribution >= 0.6 is 0 Å². The number of amides is 1. The van der Waals surface area contributed by atoms with Gasteiger partial charge in [0, 0.05) is 30.9 Å². The molecule has 4 aromatic rings. The van der Waals surface area contributed by atoms with Gasteiger partial charge in [-0.2, -0.15) is 13.2 Å². The van der Waals surface area contributed by atoms with Crippen molar-refractivity contribution in [3.8, 4) is 11.1 Å². The van der Waals surface area contributed by atoms with Gasteiger partial charge in [-0.05, 0) is 41.7 Å². The molecule has 1 unspecified atom stereocenters. The van der Waals surface area contributed by atoms with Crippen molar-refractivity contribution in [1.82, 2.24) is 19.9 Å². The minimum absolute atomic E-state index is 0.00339. The second-order valence-corrected chi connectivity index (χ2v) is 10.3. The van der Waals surface area contributed by atoms with Crippen molar-refractivity contribution in [2.45, 2.75) is 43.5 Å². The van der Waals surface area contributed by atoms with E-state index >= 15 is 0 Å². The lowest BCUT2D eigenvalue weighted by Crippen LogP contribution is -2.42. The second kappa shape index (κ2) is 9.71. The Morgan fingerprint density at radius 3 is 2.52 bits per heavy atom. The number of carbonyl (C=O) groups excluding carboxylic acids is 1. The van der Waals surface area contributed by atoms with Crippen molar-refractivity contribution in [3.63, 3.8) is 0 Å². The average Bonchev–Trinajstić information content (AvgIpc) is 3.79. The SMILES string of the molecule is O=C(C(O)c1cccc(-c2cncc(C(F)(F)F)c2)c1)N1CCc2nc(C3(c4ccccc4)CC3)[nH]c(=O)c2C1. The molecule has 6 rings (SSSR count). The van der Waals surface area contributed by atoms with Gasteiger partial charge in [-0.1, -0.05) is 48.5 Å². The summed E-state index contributed by atoms with van der Waals surface area (Å²) in [5.41, 5.74) is 1.49. The minimum atomic E-state index is -4.55. The smallest absolute Gasteiger partial charge is 0.378 e. The summed E-state index contributed by atoms with van der Waals surface area (Å²) in [5, 5.41) is 10.9. The number of H-pyrrole nitrogens is 1. The number of nitrogens with zero attached hydrogens (tertiary/aromatic N) is 3. The van der Waals surface area contributed by atoms with Gasteiger partial charge in [0.15, 0.2) is 6.10 Å². The van der Waals surface area contributed by atoms with Crippen LogP contribution in [0.15, 0.2) is 77.9 Å². The topological polar surface area (TPSA) is 99.2 Å². The lowest BCUT2D eigenvalue weighted by Gasteiger charge is -2.30. The first kappa shape index (κ1) is 25.9. The summed E-state index contributed by atoms with van der Waals surface area (Å²) >= 11 is 0. The summed E-state index contributed by atoms with van der Waals surface area (Å²) in [7, 11) is 0. The third-order valence-electron chi connectivity index (χ3n) is 7.75. The minimum Gasteiger partial charge on any atom is -0.378 e. The molecule has 1 aliphatic carbocycles. The van der Waals surface area contributed by atoms with E-state index in [0.29, 0.717) is 29.1 Å². The lowest BCUT2D eigenvalue weighted by molar-refractivity contribution is -0.141. The van der Waals surface area contributed by atoms with Crippen molar-refractivity contribution in [3.05, 3.63) is 117 Å². The normalized spacial score (nSPS) is 16.8. The summed E-state index contributed by atoms with van der Waals surface area (Å²) in [6.45, 7) is 0.276. The Morgan fingerprint density at radius 2 is 1.80 bits per heavy atom. The number of aromatic nitrogens is 3. The number of benzene rings is 2. The molecule has 2 aromatic carbocycles. The van der Waals surface area contributed by atoms with Crippen molar-refractivity contribution in [2.24, 2.45) is 0 Å². The van der Waals surface area contributed by atoms with E-state index in [0.717, 1.165) is 30.7 Å². The van der Waals surface area contributed by atoms with E-state index in [9.17, 15) is 27.9 Å². The summed E-state index contributed by atoms with van der Waals surface area (Å²) in [6.07, 6.45) is -1.91. The Labute approximate surface area is 227 Å². The first-order chi connectivity index (χ1) is 19.2. The highest BCUT2D eigenvalue weighted by atomic mass is 19.4. The van der Waals surface area contributed by atoms with E-state index in [1.54, 1.807) is 12.1 Å². The number of hydrogen-bond acceptors (Lipinski definition) is 5. The fraction of sp³-hybridized carbons (Fsp3) is 0.267. The maximum atomic E-state index is 13.3. The molecule has 10 heteroatoms. The Hall–Kier alpha value is -4.31. The zero-order valence-corrected chi connectivity index (χ0v) is 21.3. The number of aliphatic hydroxyl groups excluding tert-OH is 1. The van der Waals surface area contributed by atoms with Crippen LogP contribution in [0.25, 0.3) is 11.1 Å². The molecule has 0 bridgehead atoms. The zero-order valence-electron chi connectivity index (χ0n) is 21.3. The molecule has 0 spiro atoms. The molecular weight excluding hydrogens is 521 g/mol. The number of aromatic amines is 1. The standard InChI is InChI=1S/C30H25F3N4O3/c31-30(32,33)22-14-20(15-34-16-22)18-5-4-6-19(13-18)25(38)27(40)37-12-9-24-23(17-37)26(39)36-28(35-24)29(10-11-29)21-7-2-1-3-8-21/h1-8,13-16,25,38H,9-12,17H2,(H,35,36,39). The molecule has 2 N–H and O–H groups in total. The highest BCUT2D eigenvalue weighted by molar-refractivity contribution is 5.83. The van der Waals surface area contributed by atoms with E-state index in [-0.39, 0.29) is 35.2 Å². The maximum Gasteiger partial charge on any atom is 0.417 e. The summed E-state index contributed by atoms with van der Waals surface area (Å²) < 4.78 is 39.4. The number of nitrogens with one attached hydrogen (secondary N) is 1. The van der Waals surface area contributed by atoms with E-state index in [1.807, 2.05) is 30.3 Å². The highest BCUT2D eigenvalue weighted by Crippen LogP contribution is 2.52. The lowest BCUT2D eigenvalue weighted by atomic mass is 9.94. The van der Waals surface area contributed by atoms with Gasteiger partial charge in [-0.3, -0.25) is 14.6 Å². The molecule has 40 heavy (non-hydrogen) atoms. The van der Waals surface area contributed by atoms with Crippen LogP contribution in [-0.2, 0) is 29.4 Å². The first-order valence-electron chi connectivity index (χ1n) is 12.9. The molecule has 2 aromatic heterocycles. The van der Waals surface area contributed by atoms with Crippen LogP contribution < -0.4 is 5.56 Å². The summed E-state index contributed by atoms with van der Waals surface area (Å²) in [4.78, 5) is 39.2. The van der Waals surface area contributed by atoms with Crippen molar-refractivity contribution in [2.75, 3.05) is 6.54 Å². The maximum absolute atomic E-state index is 13.3. The van der Waals surface area contributed by atoms with E-state index in [4.69, 9.17) is 4.98 Å². The molecule has 1 saturated carbocycles. The Bertz CT molecular complexity index is 1650. The molecule has 7 nitrogen and oxygen atoms in total. The van der Waals surface area contributed by atoms with Crippen LogP contribution in [0.4, 0.5) is 13.2 Å². The number of alkyl halides is 3. The van der Waals surface area contributed by atoms with Gasteiger partial charge in [-0.25, -0.2) is 4.98 Å². The van der Waals surface area contributed by atoms with E-state index in [1.165, 1.54) is 23.2 Å². The molecule has 1 amide bonds. The van der Waals surface area contributed by atoms with Gasteiger partial charge in [-0.15, -0.1) is 0 Å². The number of aliphatic hydroxyl groups is 1. The molecule has 1 fully saturated rings. The molecule has 204 valence electrons. The predicted molar refractivity (Wildman–Crippen MR) is 140 cm³/mol. The second-order valence-electron chi connectivity index (χ2n) is 10.3. The molecule has 1 aliphatic heterocycles. The molecule has 3 heterocycles. The third-order valence-corrected chi connectivity index (χ3v) is 7.75. The predicted octanol–water partition coefficient (Wildman–Crippen LogP) is 4.55. The van der Waals surface area contributed by atoms with Crippen LogP contribution in [0, 0.1) is 0 Å². The van der Waals surface area contributed by atoms with Gasteiger partial charge in [0.25, 0.3) is 11.5 Å².